The van der Waals surface area contributed by atoms with E-state index >= 15 is 0 Å². The molecule has 1 aliphatic heterocycles. The van der Waals surface area contributed by atoms with Gasteiger partial charge in [-0.25, -0.2) is 4.39 Å². The summed E-state index contributed by atoms with van der Waals surface area (Å²) in [6, 6.07) is 4.76. The van der Waals surface area contributed by atoms with Crippen LogP contribution in [0.3, 0.4) is 0 Å². The van der Waals surface area contributed by atoms with Gasteiger partial charge in [-0.2, -0.15) is 0 Å². The van der Waals surface area contributed by atoms with Gasteiger partial charge in [0.2, 0.25) is 5.91 Å². The van der Waals surface area contributed by atoms with Gasteiger partial charge in [-0.3, -0.25) is 19.5 Å². The van der Waals surface area contributed by atoms with Crippen molar-refractivity contribution in [2.24, 2.45) is 5.92 Å². The molecule has 2 aromatic rings. The van der Waals surface area contributed by atoms with E-state index in [1.165, 1.54) is 18.9 Å². The number of aldehydes is 1. The number of nitrogens with two attached hydrogens (primary N) is 1. The van der Waals surface area contributed by atoms with E-state index in [-0.39, 0.29) is 5.82 Å². The van der Waals surface area contributed by atoms with Gasteiger partial charge in [0.1, 0.15) is 5.82 Å². The van der Waals surface area contributed by atoms with E-state index < -0.39 is 0 Å². The number of piperazine rings is 1. The van der Waals surface area contributed by atoms with Crippen LogP contribution in [0, 0.1) is 32.5 Å². The predicted octanol–water partition coefficient (Wildman–Crippen LogP) is 3.67. The molecule has 32 heavy (non-hydrogen) atoms. The molecule has 1 aromatic carbocycles. The lowest BCUT2D eigenvalue weighted by atomic mass is 10.1. The Kier molecular flexibility index (Phi) is 7.96. The number of amides is 1. The normalized spacial score (nSPS) is 16.3. The highest BCUT2D eigenvalue weighted by atomic mass is 19.1. The summed E-state index contributed by atoms with van der Waals surface area (Å²) in [4.78, 5) is 30.6. The lowest BCUT2D eigenvalue weighted by molar-refractivity contribution is -0.133. The molecule has 2 heterocycles. The standard InChI is InChI=1S/C17H24FN3O.C8H9NO/c1-12-14(9-15(18)10-16(12)19)11-20-4-6-21(7-5-20)17(22)8-13-2-3-13;1-6-3-8(5-10)4-9-7(6)2/h9-10,13H,2-8,11,19H2,1H3;3-5H,1-2H3. The number of carbonyl (C=O) groups is 2. The first-order valence-electron chi connectivity index (χ1n) is 11.2. The van der Waals surface area contributed by atoms with Crippen LogP contribution in [-0.2, 0) is 11.3 Å². The second kappa shape index (κ2) is 10.7. The Morgan fingerprint density at radius 2 is 1.84 bits per heavy atom. The van der Waals surface area contributed by atoms with Crippen molar-refractivity contribution in [3.8, 4) is 0 Å². The Morgan fingerprint density at radius 1 is 1.16 bits per heavy atom. The van der Waals surface area contributed by atoms with Crippen molar-refractivity contribution in [3.05, 3.63) is 58.2 Å². The zero-order valence-electron chi connectivity index (χ0n) is 19.2. The first-order valence-corrected chi connectivity index (χ1v) is 11.2. The van der Waals surface area contributed by atoms with Gasteiger partial charge in [-0.05, 0) is 74.4 Å². The molecule has 172 valence electrons. The van der Waals surface area contributed by atoms with Crippen LogP contribution >= 0.6 is 0 Å². The number of aryl methyl sites for hydroxylation is 2. The number of carbonyl (C=O) groups excluding carboxylic acids is 2. The number of benzene rings is 1. The summed E-state index contributed by atoms with van der Waals surface area (Å²) in [5, 5.41) is 0. The smallest absolute Gasteiger partial charge is 0.222 e. The topological polar surface area (TPSA) is 79.5 Å². The van der Waals surface area contributed by atoms with Crippen molar-refractivity contribution in [2.75, 3.05) is 31.9 Å². The van der Waals surface area contributed by atoms with Crippen LogP contribution in [0.25, 0.3) is 0 Å². The molecule has 0 bridgehead atoms. The number of nitrogens with zero attached hydrogens (tertiary/aromatic N) is 3. The second-order valence-corrected chi connectivity index (χ2v) is 8.87. The van der Waals surface area contributed by atoms with E-state index in [2.05, 4.69) is 9.88 Å². The number of anilines is 1. The molecule has 1 aromatic heterocycles. The Labute approximate surface area is 189 Å². The minimum absolute atomic E-state index is 0.281. The Hall–Kier alpha value is -2.80. The highest BCUT2D eigenvalue weighted by Gasteiger charge is 2.28. The van der Waals surface area contributed by atoms with Crippen LogP contribution < -0.4 is 5.73 Å². The first-order chi connectivity index (χ1) is 15.3. The summed E-state index contributed by atoms with van der Waals surface area (Å²) >= 11 is 0. The molecule has 1 aliphatic carbocycles. The second-order valence-electron chi connectivity index (χ2n) is 8.87. The molecule has 1 amide bonds. The third-order valence-corrected chi connectivity index (χ3v) is 6.30. The van der Waals surface area contributed by atoms with Crippen molar-refractivity contribution in [1.29, 1.82) is 0 Å². The number of aromatic nitrogens is 1. The Balaban J connectivity index is 0.000000243. The van der Waals surface area contributed by atoms with Gasteiger partial charge in [-0.1, -0.05) is 0 Å². The van der Waals surface area contributed by atoms with Crippen molar-refractivity contribution < 1.29 is 14.0 Å². The highest BCUT2D eigenvalue weighted by molar-refractivity contribution is 5.77. The number of rotatable bonds is 5. The monoisotopic (exact) mass is 440 g/mol. The number of halogens is 1. The fourth-order valence-electron chi connectivity index (χ4n) is 3.75. The molecule has 0 spiro atoms. The lowest BCUT2D eigenvalue weighted by Gasteiger charge is -2.35. The first kappa shape index (κ1) is 23.9. The molecule has 2 aliphatic rings. The minimum atomic E-state index is -0.281. The molecule has 2 N–H and O–H groups in total. The summed E-state index contributed by atoms with van der Waals surface area (Å²) < 4.78 is 13.5. The number of hydrogen-bond acceptors (Lipinski definition) is 5. The third kappa shape index (κ3) is 6.60. The SMILES string of the molecule is Cc1c(N)cc(F)cc1CN1CCN(C(=O)CC2CC2)CC1.Cc1cc(C=O)cnc1C. The summed E-state index contributed by atoms with van der Waals surface area (Å²) in [7, 11) is 0. The van der Waals surface area contributed by atoms with Gasteiger partial charge in [0, 0.05) is 62.3 Å². The molecule has 1 saturated heterocycles. The Morgan fingerprint density at radius 3 is 2.44 bits per heavy atom. The van der Waals surface area contributed by atoms with Crippen molar-refractivity contribution in [2.45, 2.75) is 46.6 Å². The minimum Gasteiger partial charge on any atom is -0.398 e. The predicted molar refractivity (Wildman–Crippen MR) is 124 cm³/mol. The molecule has 6 nitrogen and oxygen atoms in total. The molecular formula is C25H33FN4O2. The van der Waals surface area contributed by atoms with E-state index in [0.717, 1.165) is 61.3 Å². The maximum Gasteiger partial charge on any atom is 0.222 e. The average Bonchev–Trinajstić information content (AvgIpc) is 3.58. The molecule has 0 atom stereocenters. The average molecular weight is 441 g/mol. The van der Waals surface area contributed by atoms with Gasteiger partial charge >= 0.3 is 0 Å². The summed E-state index contributed by atoms with van der Waals surface area (Å²) in [6.45, 7) is 9.71. The number of nitrogen functional groups attached to an aromatic ring is 1. The highest BCUT2D eigenvalue weighted by Crippen LogP contribution is 2.33. The van der Waals surface area contributed by atoms with Gasteiger partial charge < -0.3 is 10.6 Å². The molecule has 2 fully saturated rings. The zero-order chi connectivity index (χ0) is 23.3. The van der Waals surface area contributed by atoms with Crippen molar-refractivity contribution >= 4 is 17.9 Å². The maximum atomic E-state index is 13.5. The van der Waals surface area contributed by atoms with Crippen molar-refractivity contribution in [3.63, 3.8) is 0 Å². The van der Waals surface area contributed by atoms with Gasteiger partial charge in [0.25, 0.3) is 0 Å². The van der Waals surface area contributed by atoms with Crippen LogP contribution in [0.5, 0.6) is 0 Å². The van der Waals surface area contributed by atoms with E-state index in [1.54, 1.807) is 12.3 Å². The zero-order valence-corrected chi connectivity index (χ0v) is 19.2. The summed E-state index contributed by atoms with van der Waals surface area (Å²) in [5.74, 6) is 0.660. The van der Waals surface area contributed by atoms with E-state index in [9.17, 15) is 14.0 Å². The summed E-state index contributed by atoms with van der Waals surface area (Å²) in [5.41, 5.74) is 10.9. The van der Waals surface area contributed by atoms with Crippen molar-refractivity contribution in [1.82, 2.24) is 14.8 Å². The molecule has 1 saturated carbocycles. The van der Waals surface area contributed by atoms with Crippen LogP contribution in [-0.4, -0.2) is 53.2 Å². The summed E-state index contributed by atoms with van der Waals surface area (Å²) in [6.07, 6.45) is 5.53. The fourth-order valence-corrected chi connectivity index (χ4v) is 3.75. The largest absolute Gasteiger partial charge is 0.398 e. The molecule has 0 unspecified atom stereocenters. The van der Waals surface area contributed by atoms with Crippen LogP contribution in [0.2, 0.25) is 0 Å². The van der Waals surface area contributed by atoms with E-state index in [1.807, 2.05) is 31.7 Å². The lowest BCUT2D eigenvalue weighted by Crippen LogP contribution is -2.48. The van der Waals surface area contributed by atoms with Crippen LogP contribution in [0.15, 0.2) is 24.4 Å². The molecular weight excluding hydrogens is 407 g/mol. The van der Waals surface area contributed by atoms with E-state index in [4.69, 9.17) is 5.73 Å². The molecule has 4 rings (SSSR count). The Bertz CT molecular complexity index is 967. The van der Waals surface area contributed by atoms with Gasteiger partial charge in [0.05, 0.1) is 0 Å². The van der Waals surface area contributed by atoms with Crippen LogP contribution in [0.4, 0.5) is 10.1 Å². The number of pyridine rings is 1. The fraction of sp³-hybridized carbons (Fsp3) is 0.480. The van der Waals surface area contributed by atoms with Gasteiger partial charge in [0.15, 0.2) is 6.29 Å². The van der Waals surface area contributed by atoms with Gasteiger partial charge in [-0.15, -0.1) is 0 Å². The number of hydrogen-bond donors (Lipinski definition) is 1. The molecule has 7 heteroatoms. The van der Waals surface area contributed by atoms with E-state index in [0.29, 0.717) is 29.6 Å². The maximum absolute atomic E-state index is 13.5. The molecule has 0 radical (unpaired) electrons. The van der Waals surface area contributed by atoms with Crippen LogP contribution in [0.1, 0.15) is 52.0 Å². The third-order valence-electron chi connectivity index (χ3n) is 6.30. The quantitative estimate of drug-likeness (QED) is 0.567.